The van der Waals surface area contributed by atoms with E-state index in [9.17, 15) is 10.1 Å². The maximum absolute atomic E-state index is 12.4. The van der Waals surface area contributed by atoms with Crippen molar-refractivity contribution in [2.75, 3.05) is 0 Å². The number of benzene rings is 2. The third kappa shape index (κ3) is 3.83. The highest BCUT2D eigenvalue weighted by molar-refractivity contribution is 6.36. The molecule has 2 aromatic heterocycles. The van der Waals surface area contributed by atoms with Crippen molar-refractivity contribution in [3.63, 3.8) is 0 Å². The van der Waals surface area contributed by atoms with Crippen LogP contribution in [0.2, 0.25) is 15.1 Å². The van der Waals surface area contributed by atoms with Crippen molar-refractivity contribution in [1.29, 1.82) is 5.26 Å². The molecule has 0 aliphatic rings. The van der Waals surface area contributed by atoms with E-state index in [-0.39, 0.29) is 16.9 Å². The fourth-order valence-corrected chi connectivity index (χ4v) is 3.73. The molecule has 0 atom stereocenters. The molecule has 0 radical (unpaired) electrons. The molecule has 2 aromatic carbocycles. The van der Waals surface area contributed by atoms with Crippen LogP contribution in [0.15, 0.2) is 77.7 Å². The minimum Gasteiger partial charge on any atom is -0.269 e. The molecule has 4 nitrogen and oxygen atoms in total. The summed E-state index contributed by atoms with van der Waals surface area (Å²) < 4.78 is 1.33. The monoisotopic (exact) mass is 451 g/mol. The number of hydrogen-bond acceptors (Lipinski definition) is 3. The highest BCUT2D eigenvalue weighted by Crippen LogP contribution is 2.37. The summed E-state index contributed by atoms with van der Waals surface area (Å²) in [6.45, 7) is 0. The quantitative estimate of drug-likeness (QED) is 0.361. The van der Waals surface area contributed by atoms with Gasteiger partial charge >= 0.3 is 0 Å². The highest BCUT2D eigenvalue weighted by Gasteiger charge is 2.18. The Morgan fingerprint density at radius 1 is 0.867 bits per heavy atom. The van der Waals surface area contributed by atoms with E-state index in [0.717, 1.165) is 5.56 Å². The number of pyridine rings is 2. The van der Waals surface area contributed by atoms with Crippen molar-refractivity contribution in [2.45, 2.75) is 0 Å². The summed E-state index contributed by atoms with van der Waals surface area (Å²) in [5.74, 6) is 0.224. The number of halogens is 3. The first-order valence-electron chi connectivity index (χ1n) is 8.82. The summed E-state index contributed by atoms with van der Waals surface area (Å²) in [6, 6.07) is 20.9. The van der Waals surface area contributed by atoms with E-state index < -0.39 is 0 Å². The van der Waals surface area contributed by atoms with Gasteiger partial charge < -0.3 is 0 Å². The number of nitriles is 1. The first-order chi connectivity index (χ1) is 14.5. The van der Waals surface area contributed by atoms with E-state index in [1.165, 1.54) is 10.6 Å². The Hall–Kier alpha value is -3.10. The summed E-state index contributed by atoms with van der Waals surface area (Å²) >= 11 is 18.6. The molecule has 0 bridgehead atoms. The lowest BCUT2D eigenvalue weighted by Gasteiger charge is -2.15. The maximum Gasteiger partial charge on any atom is 0.256 e. The number of nitrogens with zero attached hydrogens (tertiary/aromatic N) is 3. The molecule has 30 heavy (non-hydrogen) atoms. The Balaban J connectivity index is 2.07. The van der Waals surface area contributed by atoms with Crippen LogP contribution in [-0.4, -0.2) is 9.55 Å². The smallest absolute Gasteiger partial charge is 0.256 e. The second-order valence-corrected chi connectivity index (χ2v) is 7.69. The average molecular weight is 453 g/mol. The molecular weight excluding hydrogens is 441 g/mol. The van der Waals surface area contributed by atoms with E-state index >= 15 is 0 Å². The predicted molar refractivity (Wildman–Crippen MR) is 120 cm³/mol. The largest absolute Gasteiger partial charge is 0.269 e. The molecule has 0 amide bonds. The number of hydrogen-bond donors (Lipinski definition) is 0. The standard InChI is InChI=1S/C23H12Cl3N3O/c24-16-6-4-14(5-7-16)19-11-15(13-27)23(29-10-2-1-3-21(29)30)28-22(19)18-9-8-17(25)12-20(18)26/h1-12H. The first kappa shape index (κ1) is 20.2. The second kappa shape index (κ2) is 8.33. The summed E-state index contributed by atoms with van der Waals surface area (Å²) in [7, 11) is 0. The Bertz CT molecular complexity index is 1360. The lowest BCUT2D eigenvalue weighted by molar-refractivity contribution is 0.938. The summed E-state index contributed by atoms with van der Waals surface area (Å²) in [4.78, 5) is 17.1. The zero-order chi connectivity index (χ0) is 21.3. The van der Waals surface area contributed by atoms with Crippen LogP contribution in [0.3, 0.4) is 0 Å². The van der Waals surface area contributed by atoms with Gasteiger partial charge in [-0.25, -0.2) is 4.98 Å². The molecule has 7 heteroatoms. The fraction of sp³-hybridized carbons (Fsp3) is 0. The topological polar surface area (TPSA) is 58.7 Å². The zero-order valence-corrected chi connectivity index (χ0v) is 17.6. The molecule has 4 aromatic rings. The van der Waals surface area contributed by atoms with E-state index in [1.54, 1.807) is 54.7 Å². The SMILES string of the molecule is N#Cc1cc(-c2ccc(Cl)cc2)c(-c2ccc(Cl)cc2Cl)nc1-n1ccccc1=O. The van der Waals surface area contributed by atoms with Crippen LogP contribution in [0.5, 0.6) is 0 Å². The molecule has 2 heterocycles. The van der Waals surface area contributed by atoms with Crippen LogP contribution < -0.4 is 5.56 Å². The Kier molecular flexibility index (Phi) is 5.61. The molecule has 0 aliphatic carbocycles. The van der Waals surface area contributed by atoms with Gasteiger partial charge in [-0.1, -0.05) is 53.0 Å². The van der Waals surface area contributed by atoms with E-state index in [4.69, 9.17) is 39.8 Å². The van der Waals surface area contributed by atoms with Crippen LogP contribution in [0.4, 0.5) is 0 Å². The number of aromatic nitrogens is 2. The molecule has 0 spiro atoms. The van der Waals surface area contributed by atoms with Gasteiger partial charge in [0.25, 0.3) is 5.56 Å². The van der Waals surface area contributed by atoms with Gasteiger partial charge in [0.15, 0.2) is 5.82 Å². The highest BCUT2D eigenvalue weighted by atomic mass is 35.5. The minimum atomic E-state index is -0.297. The molecule has 0 fully saturated rings. The van der Waals surface area contributed by atoms with Gasteiger partial charge in [0.2, 0.25) is 0 Å². The summed E-state index contributed by atoms with van der Waals surface area (Å²) in [6.07, 6.45) is 1.57. The molecule has 4 rings (SSSR count). The van der Waals surface area contributed by atoms with Gasteiger partial charge in [-0.2, -0.15) is 5.26 Å². The van der Waals surface area contributed by atoms with Crippen LogP contribution >= 0.6 is 34.8 Å². The normalized spacial score (nSPS) is 10.6. The molecule has 0 saturated carbocycles. The maximum atomic E-state index is 12.4. The van der Waals surface area contributed by atoms with Gasteiger partial charge in [-0.15, -0.1) is 0 Å². The third-order valence-electron chi connectivity index (χ3n) is 4.52. The molecule has 0 aliphatic heterocycles. The zero-order valence-electron chi connectivity index (χ0n) is 15.3. The van der Waals surface area contributed by atoms with Crippen LogP contribution in [-0.2, 0) is 0 Å². The van der Waals surface area contributed by atoms with Crippen molar-refractivity contribution in [2.24, 2.45) is 0 Å². The van der Waals surface area contributed by atoms with Crippen molar-refractivity contribution in [3.05, 3.63) is 104 Å². The van der Waals surface area contributed by atoms with Crippen molar-refractivity contribution in [3.8, 4) is 34.3 Å². The van der Waals surface area contributed by atoms with Crippen molar-refractivity contribution >= 4 is 34.8 Å². The Labute approximate surface area is 187 Å². The van der Waals surface area contributed by atoms with Crippen molar-refractivity contribution in [1.82, 2.24) is 9.55 Å². The van der Waals surface area contributed by atoms with Crippen LogP contribution in [0.1, 0.15) is 5.56 Å². The van der Waals surface area contributed by atoms with Gasteiger partial charge in [-0.05, 0) is 48.0 Å². The van der Waals surface area contributed by atoms with Crippen molar-refractivity contribution < 1.29 is 0 Å². The Morgan fingerprint density at radius 3 is 2.27 bits per heavy atom. The molecule has 146 valence electrons. The first-order valence-corrected chi connectivity index (χ1v) is 9.96. The Morgan fingerprint density at radius 2 is 1.60 bits per heavy atom. The molecular formula is C23H12Cl3N3O. The average Bonchev–Trinajstić information content (AvgIpc) is 2.74. The van der Waals surface area contributed by atoms with Gasteiger partial charge in [-0.3, -0.25) is 9.36 Å². The summed E-state index contributed by atoms with van der Waals surface area (Å²) in [5.41, 5.74) is 2.58. The van der Waals surface area contributed by atoms with Crippen LogP contribution in [0, 0.1) is 11.3 Å². The van der Waals surface area contributed by atoms with E-state index in [1.807, 2.05) is 12.1 Å². The molecule has 0 saturated heterocycles. The second-order valence-electron chi connectivity index (χ2n) is 6.41. The summed E-state index contributed by atoms with van der Waals surface area (Å²) in [5, 5.41) is 11.3. The van der Waals surface area contributed by atoms with Gasteiger partial charge in [0.1, 0.15) is 6.07 Å². The number of rotatable bonds is 3. The molecule has 0 unspecified atom stereocenters. The predicted octanol–water partition coefficient (Wildman–Crippen LogP) is 6.40. The van der Waals surface area contributed by atoms with Crippen LogP contribution in [0.25, 0.3) is 28.2 Å². The van der Waals surface area contributed by atoms with E-state index in [2.05, 4.69) is 6.07 Å². The minimum absolute atomic E-state index is 0.224. The molecule has 0 N–H and O–H groups in total. The van der Waals surface area contributed by atoms with Gasteiger partial charge in [0.05, 0.1) is 16.3 Å². The van der Waals surface area contributed by atoms with Gasteiger partial charge in [0, 0.05) is 33.4 Å². The third-order valence-corrected chi connectivity index (χ3v) is 5.31. The van der Waals surface area contributed by atoms with E-state index in [0.29, 0.717) is 31.9 Å². The lowest BCUT2D eigenvalue weighted by Crippen LogP contribution is -2.18. The fourth-order valence-electron chi connectivity index (χ4n) is 3.11. The lowest BCUT2D eigenvalue weighted by atomic mass is 9.97.